The minimum Gasteiger partial charge on any atom is -0.443 e. The molecule has 0 aliphatic rings. The summed E-state index contributed by atoms with van der Waals surface area (Å²) in [4.78, 5) is 17.0. The minimum absolute atomic E-state index is 0.0674. The van der Waals surface area contributed by atoms with Gasteiger partial charge in [0, 0.05) is 11.1 Å². The Kier molecular flexibility index (Phi) is 6.18. The van der Waals surface area contributed by atoms with Crippen molar-refractivity contribution in [3.05, 3.63) is 65.9 Å². The van der Waals surface area contributed by atoms with Crippen molar-refractivity contribution in [2.45, 2.75) is 39.1 Å². The first-order valence-corrected chi connectivity index (χ1v) is 9.61. The normalized spacial score (nSPS) is 12.0. The van der Waals surface area contributed by atoms with E-state index in [1.807, 2.05) is 20.8 Å². The van der Waals surface area contributed by atoms with Gasteiger partial charge in [0.25, 0.3) is 5.91 Å². The molecule has 0 bridgehead atoms. The number of aromatic nitrogens is 1. The molecule has 0 fully saturated rings. The van der Waals surface area contributed by atoms with E-state index in [9.17, 15) is 18.0 Å². The number of anilines is 1. The molecule has 7 nitrogen and oxygen atoms in total. The van der Waals surface area contributed by atoms with Gasteiger partial charge in [0.15, 0.2) is 0 Å². The average Bonchev–Trinajstić information content (AvgIpc) is 3.16. The van der Waals surface area contributed by atoms with E-state index < -0.39 is 12.3 Å². The van der Waals surface area contributed by atoms with Gasteiger partial charge in [-0.1, -0.05) is 39.0 Å². The molecule has 1 aromatic heterocycles. The molecule has 0 atom stereocenters. The Hall–Kier alpha value is -3.53. The van der Waals surface area contributed by atoms with Gasteiger partial charge < -0.3 is 14.9 Å². The average molecular weight is 448 g/mol. The molecule has 3 rings (SSSR count). The Morgan fingerprint density at radius 2 is 1.72 bits per heavy atom. The summed E-state index contributed by atoms with van der Waals surface area (Å²) in [5.74, 6) is 5.98. The van der Waals surface area contributed by atoms with E-state index in [0.717, 1.165) is 5.01 Å². The number of nitrogen functional groups attached to an aromatic ring is 1. The fraction of sp³-hybridized carbons (Fsp3) is 0.273. The summed E-state index contributed by atoms with van der Waals surface area (Å²) in [7, 11) is 0. The van der Waals surface area contributed by atoms with E-state index in [1.54, 1.807) is 12.3 Å². The molecular weight excluding hydrogens is 425 g/mol. The number of alkyl halides is 3. The van der Waals surface area contributed by atoms with Gasteiger partial charge in [-0.05, 0) is 35.4 Å². The van der Waals surface area contributed by atoms with Crippen LogP contribution < -0.4 is 16.3 Å². The third-order valence-corrected chi connectivity index (χ3v) is 4.56. The summed E-state index contributed by atoms with van der Waals surface area (Å²) in [5.41, 5.74) is 7.21. The molecule has 0 saturated carbocycles. The number of hydrogen-bond donors (Lipinski definition) is 2. The van der Waals surface area contributed by atoms with Gasteiger partial charge in [0.2, 0.25) is 5.89 Å². The van der Waals surface area contributed by atoms with Crippen LogP contribution in [0, 0.1) is 0 Å². The van der Waals surface area contributed by atoms with Crippen molar-refractivity contribution in [1.82, 2.24) is 9.99 Å². The number of nitrogens with zero attached hydrogens (tertiary/aromatic N) is 2. The standard InChI is InChI=1S/C22H23F3N4O3/c1-21(2,3)18-11-28-19(31-18)12-29(27)20(30)16-10-14(6-9-17(16)26)13-4-7-15(8-5-13)32-22(23,24)25/h4-11H,12,26-27H2,1-3H3. The highest BCUT2D eigenvalue weighted by molar-refractivity contribution is 6.00. The Morgan fingerprint density at radius 1 is 1.09 bits per heavy atom. The smallest absolute Gasteiger partial charge is 0.443 e. The molecule has 4 N–H and O–H groups in total. The van der Waals surface area contributed by atoms with E-state index in [2.05, 4.69) is 9.72 Å². The number of carbonyl (C=O) groups is 1. The maximum Gasteiger partial charge on any atom is 0.573 e. The molecule has 10 heteroatoms. The predicted octanol–water partition coefficient (Wildman–Crippen LogP) is 4.64. The second-order valence-electron chi connectivity index (χ2n) is 8.18. The van der Waals surface area contributed by atoms with Gasteiger partial charge in [0.1, 0.15) is 18.1 Å². The van der Waals surface area contributed by atoms with E-state index in [1.165, 1.54) is 36.4 Å². The van der Waals surface area contributed by atoms with E-state index >= 15 is 0 Å². The molecule has 2 aromatic carbocycles. The first-order valence-electron chi connectivity index (χ1n) is 9.61. The molecule has 0 spiro atoms. The van der Waals surface area contributed by atoms with Crippen LogP contribution in [-0.4, -0.2) is 22.3 Å². The van der Waals surface area contributed by atoms with Crippen LogP contribution in [0.5, 0.6) is 5.75 Å². The molecule has 0 unspecified atom stereocenters. The third kappa shape index (κ3) is 5.58. The second kappa shape index (κ2) is 8.54. The number of oxazole rings is 1. The highest BCUT2D eigenvalue weighted by Crippen LogP contribution is 2.29. The highest BCUT2D eigenvalue weighted by Gasteiger charge is 2.31. The number of hydrogen-bond acceptors (Lipinski definition) is 6. The molecule has 1 heterocycles. The number of benzene rings is 2. The maximum absolute atomic E-state index is 12.9. The molecule has 3 aromatic rings. The molecule has 1 amide bonds. The van der Waals surface area contributed by atoms with Crippen molar-refractivity contribution in [1.29, 1.82) is 0 Å². The molecule has 0 aliphatic heterocycles. The van der Waals surface area contributed by atoms with Crippen LogP contribution in [-0.2, 0) is 12.0 Å². The number of carbonyl (C=O) groups excluding carboxylic acids is 1. The van der Waals surface area contributed by atoms with Gasteiger partial charge in [-0.15, -0.1) is 13.2 Å². The summed E-state index contributed by atoms with van der Waals surface area (Å²) in [6.07, 6.45) is -3.18. The fourth-order valence-corrected chi connectivity index (χ4v) is 2.87. The molecule has 0 radical (unpaired) electrons. The number of halogens is 3. The van der Waals surface area contributed by atoms with Gasteiger partial charge in [-0.3, -0.25) is 9.80 Å². The minimum atomic E-state index is -4.77. The zero-order valence-corrected chi connectivity index (χ0v) is 17.7. The van der Waals surface area contributed by atoms with Crippen LogP contribution in [0.15, 0.2) is 53.1 Å². The first-order chi connectivity index (χ1) is 14.8. The highest BCUT2D eigenvalue weighted by atomic mass is 19.4. The number of hydrazine groups is 1. The Labute approximate surface area is 182 Å². The van der Waals surface area contributed by atoms with Crippen molar-refractivity contribution in [2.75, 3.05) is 5.73 Å². The van der Waals surface area contributed by atoms with Crippen LogP contribution in [0.3, 0.4) is 0 Å². The molecule has 0 aliphatic carbocycles. The summed E-state index contributed by atoms with van der Waals surface area (Å²) in [6, 6.07) is 9.96. The van der Waals surface area contributed by atoms with Gasteiger partial charge in [-0.2, -0.15) is 0 Å². The zero-order valence-electron chi connectivity index (χ0n) is 17.7. The summed E-state index contributed by atoms with van der Waals surface area (Å²) < 4.78 is 46.6. The van der Waals surface area contributed by atoms with Crippen molar-refractivity contribution < 1.29 is 27.1 Å². The Morgan fingerprint density at radius 3 is 2.28 bits per heavy atom. The SMILES string of the molecule is CC(C)(C)c1cnc(CN(N)C(=O)c2cc(-c3ccc(OC(F)(F)F)cc3)ccc2N)o1. The number of nitrogens with two attached hydrogens (primary N) is 2. The third-order valence-electron chi connectivity index (χ3n) is 4.56. The van der Waals surface area contributed by atoms with Crippen LogP contribution in [0.4, 0.5) is 18.9 Å². The molecule has 32 heavy (non-hydrogen) atoms. The van der Waals surface area contributed by atoms with Gasteiger partial charge in [-0.25, -0.2) is 10.8 Å². The summed E-state index contributed by atoms with van der Waals surface area (Å²) in [6.45, 7) is 5.84. The Bertz CT molecular complexity index is 1100. The maximum atomic E-state index is 12.9. The lowest BCUT2D eigenvalue weighted by atomic mass is 9.94. The van der Waals surface area contributed by atoms with Crippen LogP contribution in [0.2, 0.25) is 0 Å². The van der Waals surface area contributed by atoms with Crippen molar-refractivity contribution >= 4 is 11.6 Å². The fourth-order valence-electron chi connectivity index (χ4n) is 2.87. The predicted molar refractivity (Wildman–Crippen MR) is 112 cm³/mol. The number of amides is 1. The van der Waals surface area contributed by atoms with Crippen LogP contribution in [0.1, 0.15) is 42.8 Å². The van der Waals surface area contributed by atoms with Gasteiger partial charge in [0.05, 0.1) is 11.8 Å². The van der Waals surface area contributed by atoms with E-state index in [4.69, 9.17) is 16.0 Å². The lowest BCUT2D eigenvalue weighted by Gasteiger charge is -2.17. The Balaban J connectivity index is 1.78. The number of rotatable bonds is 5. The van der Waals surface area contributed by atoms with Crippen molar-refractivity contribution in [3.63, 3.8) is 0 Å². The molecule has 170 valence electrons. The van der Waals surface area contributed by atoms with Crippen molar-refractivity contribution in [3.8, 4) is 16.9 Å². The second-order valence-corrected chi connectivity index (χ2v) is 8.18. The van der Waals surface area contributed by atoms with E-state index in [-0.39, 0.29) is 34.9 Å². The lowest BCUT2D eigenvalue weighted by molar-refractivity contribution is -0.274. The monoisotopic (exact) mass is 448 g/mol. The quantitative estimate of drug-likeness (QED) is 0.255. The summed E-state index contributed by atoms with van der Waals surface area (Å²) >= 11 is 0. The topological polar surface area (TPSA) is 108 Å². The number of ether oxygens (including phenoxy) is 1. The van der Waals surface area contributed by atoms with Crippen LogP contribution >= 0.6 is 0 Å². The first kappa shape index (κ1) is 23.1. The van der Waals surface area contributed by atoms with Gasteiger partial charge >= 0.3 is 6.36 Å². The lowest BCUT2D eigenvalue weighted by Crippen LogP contribution is -2.37. The van der Waals surface area contributed by atoms with E-state index in [0.29, 0.717) is 16.9 Å². The zero-order chi connectivity index (χ0) is 23.7. The van der Waals surface area contributed by atoms with Crippen molar-refractivity contribution in [2.24, 2.45) is 5.84 Å². The largest absolute Gasteiger partial charge is 0.573 e. The molecule has 0 saturated heterocycles. The summed E-state index contributed by atoms with van der Waals surface area (Å²) in [5, 5.41) is 0.939. The van der Waals surface area contributed by atoms with Crippen LogP contribution in [0.25, 0.3) is 11.1 Å². The molecular formula is C22H23F3N4O3.